The maximum Gasteiger partial charge on any atom is 0.410 e. The van der Waals surface area contributed by atoms with Gasteiger partial charge < -0.3 is 19.3 Å². The molecular weight excluding hydrogens is 472 g/mol. The van der Waals surface area contributed by atoms with Gasteiger partial charge in [0.25, 0.3) is 0 Å². The summed E-state index contributed by atoms with van der Waals surface area (Å²) in [5, 5.41) is 0. The van der Waals surface area contributed by atoms with E-state index in [1.54, 1.807) is 4.90 Å². The van der Waals surface area contributed by atoms with Crippen LogP contribution in [0, 0.1) is 0 Å². The monoisotopic (exact) mass is 502 g/mol. The van der Waals surface area contributed by atoms with E-state index in [-0.39, 0.29) is 24.5 Å². The first kappa shape index (κ1) is 24.1. The Morgan fingerprint density at radius 2 is 1.81 bits per heavy atom. The van der Waals surface area contributed by atoms with Gasteiger partial charge in [0.1, 0.15) is 18.0 Å². The van der Waals surface area contributed by atoms with Crippen LogP contribution in [0.15, 0.2) is 53.0 Å². The minimum absolute atomic E-state index is 0.0170. The fourth-order valence-electron chi connectivity index (χ4n) is 3.61. The van der Waals surface area contributed by atoms with Gasteiger partial charge in [0.2, 0.25) is 5.91 Å². The van der Waals surface area contributed by atoms with E-state index in [0.717, 1.165) is 15.6 Å². The van der Waals surface area contributed by atoms with Crippen molar-refractivity contribution in [1.82, 2.24) is 9.80 Å². The molecule has 0 radical (unpaired) electrons. The highest BCUT2D eigenvalue weighted by Gasteiger charge is 2.32. The number of carbonyl (C=O) groups excluding carboxylic acids is 2. The van der Waals surface area contributed by atoms with Crippen LogP contribution in [0.4, 0.5) is 4.79 Å². The summed E-state index contributed by atoms with van der Waals surface area (Å²) in [6.07, 6.45) is -0.0939. The fraction of sp³-hybridized carbons (Fsp3) is 0.440. The fourth-order valence-corrected chi connectivity index (χ4v) is 4.02. The summed E-state index contributed by atoms with van der Waals surface area (Å²) in [5.41, 5.74) is 1.36. The number of hydrogen-bond donors (Lipinski definition) is 0. The molecule has 6 nitrogen and oxygen atoms in total. The van der Waals surface area contributed by atoms with Crippen LogP contribution in [0.1, 0.15) is 38.8 Å². The van der Waals surface area contributed by atoms with Crippen LogP contribution in [-0.4, -0.2) is 53.1 Å². The Balaban J connectivity index is 1.62. The van der Waals surface area contributed by atoms with Crippen molar-refractivity contribution < 1.29 is 19.1 Å². The van der Waals surface area contributed by atoms with Gasteiger partial charge in [-0.15, -0.1) is 0 Å². The van der Waals surface area contributed by atoms with Crippen molar-refractivity contribution in [2.45, 2.75) is 52.4 Å². The van der Waals surface area contributed by atoms with Gasteiger partial charge in [0, 0.05) is 35.7 Å². The smallest absolute Gasteiger partial charge is 0.410 e. The number of nitrogens with zero attached hydrogens (tertiary/aromatic N) is 2. The summed E-state index contributed by atoms with van der Waals surface area (Å²) in [6.45, 7) is 9.35. The lowest BCUT2D eigenvalue weighted by Gasteiger charge is -2.40. The molecule has 0 saturated carbocycles. The second-order valence-electron chi connectivity index (χ2n) is 9.07. The first-order valence-corrected chi connectivity index (χ1v) is 11.6. The molecule has 7 heteroatoms. The molecule has 1 aliphatic rings. The Labute approximate surface area is 198 Å². The van der Waals surface area contributed by atoms with E-state index in [1.165, 1.54) is 0 Å². The highest BCUT2D eigenvalue weighted by Crippen LogP contribution is 2.26. The Kier molecular flexibility index (Phi) is 7.82. The van der Waals surface area contributed by atoms with E-state index >= 15 is 0 Å². The Bertz CT molecular complexity index is 943. The molecule has 0 spiro atoms. The number of amides is 2. The van der Waals surface area contributed by atoms with E-state index in [1.807, 2.05) is 81.1 Å². The molecule has 2 amide bonds. The van der Waals surface area contributed by atoms with E-state index in [0.29, 0.717) is 32.0 Å². The lowest BCUT2D eigenvalue weighted by molar-refractivity contribution is -0.133. The third-order valence-corrected chi connectivity index (χ3v) is 5.70. The summed E-state index contributed by atoms with van der Waals surface area (Å²) in [4.78, 5) is 29.0. The first-order chi connectivity index (χ1) is 15.1. The molecule has 0 aliphatic carbocycles. The highest BCUT2D eigenvalue weighted by atomic mass is 79.9. The molecule has 0 bridgehead atoms. The first-order valence-electron chi connectivity index (χ1n) is 10.8. The van der Waals surface area contributed by atoms with Crippen LogP contribution < -0.4 is 4.74 Å². The zero-order valence-electron chi connectivity index (χ0n) is 19.1. The Morgan fingerprint density at radius 3 is 2.47 bits per heavy atom. The SMILES string of the molecule is C[C@@H]1CN(C(=O)Cc2cc(Br)ccc2OCc2ccccc2)CCN1C(=O)OC(C)(C)C. The number of halogens is 1. The third-order valence-electron chi connectivity index (χ3n) is 5.21. The zero-order valence-corrected chi connectivity index (χ0v) is 20.7. The van der Waals surface area contributed by atoms with Gasteiger partial charge in [-0.05, 0) is 51.5 Å². The predicted molar refractivity (Wildman–Crippen MR) is 128 cm³/mol. The number of piperazine rings is 1. The summed E-state index contributed by atoms with van der Waals surface area (Å²) in [5.74, 6) is 0.717. The number of rotatable bonds is 5. The van der Waals surface area contributed by atoms with Gasteiger partial charge in [-0.3, -0.25) is 4.79 Å². The summed E-state index contributed by atoms with van der Waals surface area (Å²) in [6, 6.07) is 15.6. The topological polar surface area (TPSA) is 59.1 Å². The number of benzene rings is 2. The van der Waals surface area contributed by atoms with E-state index < -0.39 is 5.60 Å². The van der Waals surface area contributed by atoms with Crippen molar-refractivity contribution >= 4 is 27.9 Å². The normalized spacial score (nSPS) is 16.6. The van der Waals surface area contributed by atoms with Crippen molar-refractivity contribution in [2.24, 2.45) is 0 Å². The van der Waals surface area contributed by atoms with Gasteiger partial charge in [-0.25, -0.2) is 4.79 Å². The van der Waals surface area contributed by atoms with Gasteiger partial charge >= 0.3 is 6.09 Å². The molecule has 3 rings (SSSR count). The largest absolute Gasteiger partial charge is 0.489 e. The van der Waals surface area contributed by atoms with Crippen molar-refractivity contribution in [3.63, 3.8) is 0 Å². The molecule has 0 N–H and O–H groups in total. The average molecular weight is 503 g/mol. The molecular formula is C25H31BrN2O4. The van der Waals surface area contributed by atoms with Crippen LogP contribution in [0.2, 0.25) is 0 Å². The maximum absolute atomic E-state index is 13.1. The zero-order chi connectivity index (χ0) is 23.3. The van der Waals surface area contributed by atoms with Gasteiger partial charge in [0.05, 0.1) is 6.42 Å². The summed E-state index contributed by atoms with van der Waals surface area (Å²) < 4.78 is 12.4. The molecule has 1 atom stereocenters. The third kappa shape index (κ3) is 6.73. The summed E-state index contributed by atoms with van der Waals surface area (Å²) >= 11 is 3.50. The molecule has 0 unspecified atom stereocenters. The predicted octanol–water partition coefficient (Wildman–Crippen LogP) is 5.04. The average Bonchev–Trinajstić information content (AvgIpc) is 2.72. The van der Waals surface area contributed by atoms with Crippen molar-refractivity contribution in [3.05, 3.63) is 64.1 Å². The number of ether oxygens (including phenoxy) is 2. The lowest BCUT2D eigenvalue weighted by atomic mass is 10.1. The standard InChI is InChI=1S/C25H31BrN2O4/c1-18-16-27(12-13-28(18)24(30)32-25(2,3)4)23(29)15-20-14-21(26)10-11-22(20)31-17-19-8-6-5-7-9-19/h5-11,14,18H,12-13,15-17H2,1-4H3/t18-/m1/s1. The molecule has 1 aliphatic heterocycles. The van der Waals surface area contributed by atoms with Gasteiger partial charge in [-0.1, -0.05) is 46.3 Å². The van der Waals surface area contributed by atoms with Gasteiger partial charge in [0.15, 0.2) is 0 Å². The minimum atomic E-state index is -0.541. The minimum Gasteiger partial charge on any atom is -0.489 e. The van der Waals surface area contributed by atoms with Crippen molar-refractivity contribution in [2.75, 3.05) is 19.6 Å². The molecule has 1 heterocycles. The molecule has 32 heavy (non-hydrogen) atoms. The van der Waals surface area contributed by atoms with E-state index in [4.69, 9.17) is 9.47 Å². The highest BCUT2D eigenvalue weighted by molar-refractivity contribution is 9.10. The quantitative estimate of drug-likeness (QED) is 0.574. The van der Waals surface area contributed by atoms with E-state index in [9.17, 15) is 9.59 Å². The van der Waals surface area contributed by atoms with Gasteiger partial charge in [-0.2, -0.15) is 0 Å². The van der Waals surface area contributed by atoms with Crippen LogP contribution in [0.25, 0.3) is 0 Å². The molecule has 2 aromatic carbocycles. The lowest BCUT2D eigenvalue weighted by Crippen LogP contribution is -2.56. The summed E-state index contributed by atoms with van der Waals surface area (Å²) in [7, 11) is 0. The molecule has 0 aromatic heterocycles. The Hall–Kier alpha value is -2.54. The second kappa shape index (κ2) is 10.4. The van der Waals surface area contributed by atoms with Crippen LogP contribution in [0.5, 0.6) is 5.75 Å². The van der Waals surface area contributed by atoms with Crippen LogP contribution >= 0.6 is 15.9 Å². The number of hydrogen-bond acceptors (Lipinski definition) is 4. The Morgan fingerprint density at radius 1 is 1.09 bits per heavy atom. The van der Waals surface area contributed by atoms with Crippen molar-refractivity contribution in [1.29, 1.82) is 0 Å². The molecule has 1 fully saturated rings. The van der Waals surface area contributed by atoms with Crippen molar-refractivity contribution in [3.8, 4) is 5.75 Å². The van der Waals surface area contributed by atoms with Crippen LogP contribution in [-0.2, 0) is 22.6 Å². The molecule has 2 aromatic rings. The van der Waals surface area contributed by atoms with E-state index in [2.05, 4.69) is 15.9 Å². The molecule has 1 saturated heterocycles. The number of carbonyl (C=O) groups is 2. The maximum atomic E-state index is 13.1. The second-order valence-corrected chi connectivity index (χ2v) is 9.98. The van der Waals surface area contributed by atoms with Crippen LogP contribution in [0.3, 0.4) is 0 Å². The molecule has 172 valence electrons.